The molecule has 2 rings (SSSR count). The van der Waals surface area contributed by atoms with Gasteiger partial charge in [0, 0.05) is 12.3 Å². The van der Waals surface area contributed by atoms with E-state index in [9.17, 15) is 4.79 Å². The van der Waals surface area contributed by atoms with Crippen molar-refractivity contribution in [3.63, 3.8) is 0 Å². The summed E-state index contributed by atoms with van der Waals surface area (Å²) in [6, 6.07) is 5.20. The quantitative estimate of drug-likeness (QED) is 0.838. The first-order valence-electron chi connectivity index (χ1n) is 6.54. The van der Waals surface area contributed by atoms with Crippen molar-refractivity contribution < 1.29 is 14.3 Å². The van der Waals surface area contributed by atoms with Gasteiger partial charge in [-0.05, 0) is 37.5 Å². The Morgan fingerprint density at radius 3 is 2.90 bits per heavy atom. The molecule has 5 nitrogen and oxygen atoms in total. The zero-order valence-electron chi connectivity index (χ0n) is 11.6. The topological polar surface area (TPSA) is 73.6 Å². The van der Waals surface area contributed by atoms with Crippen molar-refractivity contribution in [3.05, 3.63) is 18.2 Å². The van der Waals surface area contributed by atoms with Crippen LogP contribution >= 0.6 is 12.4 Å². The first kappa shape index (κ1) is 16.6. The highest BCUT2D eigenvalue weighted by Gasteiger charge is 2.17. The average Bonchev–Trinajstić information content (AvgIpc) is 2.40. The molecule has 1 atom stereocenters. The van der Waals surface area contributed by atoms with Crippen LogP contribution in [0.3, 0.4) is 0 Å². The second-order valence-corrected chi connectivity index (χ2v) is 4.70. The predicted octanol–water partition coefficient (Wildman–Crippen LogP) is 2.60. The first-order valence-corrected chi connectivity index (χ1v) is 6.54. The number of halogens is 1. The maximum atomic E-state index is 11.9. The minimum Gasteiger partial charge on any atom is -0.495 e. The summed E-state index contributed by atoms with van der Waals surface area (Å²) < 4.78 is 10.6. The smallest absolute Gasteiger partial charge is 0.226 e. The molecule has 1 aromatic carbocycles. The third-order valence-electron chi connectivity index (χ3n) is 3.20. The van der Waals surface area contributed by atoms with E-state index in [1.54, 1.807) is 25.3 Å². The lowest BCUT2D eigenvalue weighted by atomic mass is 10.1. The summed E-state index contributed by atoms with van der Waals surface area (Å²) in [7, 11) is 1.56. The van der Waals surface area contributed by atoms with Crippen LogP contribution in [0.2, 0.25) is 0 Å². The number of ether oxygens (including phenoxy) is 2. The van der Waals surface area contributed by atoms with E-state index in [1.807, 2.05) is 0 Å². The zero-order valence-corrected chi connectivity index (χ0v) is 12.4. The minimum atomic E-state index is -0.0449. The zero-order chi connectivity index (χ0) is 13.7. The van der Waals surface area contributed by atoms with Crippen molar-refractivity contribution in [2.24, 2.45) is 0 Å². The lowest BCUT2D eigenvalue weighted by molar-refractivity contribution is -0.119. The fourth-order valence-electron chi connectivity index (χ4n) is 2.20. The molecule has 1 aromatic rings. The van der Waals surface area contributed by atoms with Gasteiger partial charge in [0.2, 0.25) is 5.91 Å². The molecular weight excluding hydrogens is 280 g/mol. The third-order valence-corrected chi connectivity index (χ3v) is 3.20. The van der Waals surface area contributed by atoms with Crippen molar-refractivity contribution >= 4 is 29.7 Å². The normalized spacial score (nSPS) is 17.9. The van der Waals surface area contributed by atoms with Crippen LogP contribution in [0.25, 0.3) is 0 Å². The molecule has 1 saturated heterocycles. The van der Waals surface area contributed by atoms with Crippen molar-refractivity contribution in [2.75, 3.05) is 24.8 Å². The fraction of sp³-hybridized carbons (Fsp3) is 0.500. The standard InChI is InChI=1S/C14H20N2O3.ClH/c1-18-13-6-5-10(8-12(13)15)16-14(17)9-11-4-2-3-7-19-11;/h5-6,8,11H,2-4,7,9,15H2,1H3,(H,16,17);1H. The Hall–Kier alpha value is -1.46. The molecule has 20 heavy (non-hydrogen) atoms. The minimum absolute atomic E-state index is 0. The predicted molar refractivity (Wildman–Crippen MR) is 81.5 cm³/mol. The van der Waals surface area contributed by atoms with Crippen molar-refractivity contribution in [1.29, 1.82) is 0 Å². The molecule has 0 bridgehead atoms. The summed E-state index contributed by atoms with van der Waals surface area (Å²) in [6.45, 7) is 0.757. The number of amides is 1. The van der Waals surface area contributed by atoms with Crippen LogP contribution in [0, 0.1) is 0 Å². The molecule has 0 spiro atoms. The average molecular weight is 301 g/mol. The van der Waals surface area contributed by atoms with Gasteiger partial charge < -0.3 is 20.5 Å². The Morgan fingerprint density at radius 2 is 2.30 bits per heavy atom. The number of anilines is 2. The van der Waals surface area contributed by atoms with Crippen molar-refractivity contribution in [2.45, 2.75) is 31.8 Å². The number of nitrogens with two attached hydrogens (primary N) is 1. The molecule has 1 aliphatic rings. The molecule has 1 heterocycles. The molecule has 0 aromatic heterocycles. The van der Waals surface area contributed by atoms with Gasteiger partial charge in [-0.2, -0.15) is 0 Å². The summed E-state index contributed by atoms with van der Waals surface area (Å²) in [4.78, 5) is 11.9. The van der Waals surface area contributed by atoms with E-state index >= 15 is 0 Å². The Bertz CT molecular complexity index is 448. The maximum absolute atomic E-state index is 11.9. The summed E-state index contributed by atoms with van der Waals surface area (Å²) in [6.07, 6.45) is 3.62. The van der Waals surface area contributed by atoms with E-state index in [1.165, 1.54) is 0 Å². The van der Waals surface area contributed by atoms with Gasteiger partial charge in [0.1, 0.15) is 5.75 Å². The van der Waals surface area contributed by atoms with Crippen LogP contribution in [0.5, 0.6) is 5.75 Å². The summed E-state index contributed by atoms with van der Waals surface area (Å²) >= 11 is 0. The van der Waals surface area contributed by atoms with E-state index in [2.05, 4.69) is 5.32 Å². The molecule has 112 valence electrons. The molecule has 0 radical (unpaired) electrons. The molecule has 0 saturated carbocycles. The lowest BCUT2D eigenvalue weighted by Crippen LogP contribution is -2.25. The van der Waals surface area contributed by atoms with Gasteiger partial charge in [0.15, 0.2) is 0 Å². The molecule has 0 aliphatic carbocycles. The molecule has 1 amide bonds. The number of carbonyl (C=O) groups excluding carboxylic acids is 1. The van der Waals surface area contributed by atoms with Gasteiger partial charge in [-0.1, -0.05) is 0 Å². The number of carbonyl (C=O) groups is 1. The van der Waals surface area contributed by atoms with Gasteiger partial charge in [-0.15, -0.1) is 12.4 Å². The summed E-state index contributed by atoms with van der Waals surface area (Å²) in [5.74, 6) is 0.560. The monoisotopic (exact) mass is 300 g/mol. The number of hydrogen-bond donors (Lipinski definition) is 2. The van der Waals surface area contributed by atoms with E-state index in [0.717, 1.165) is 25.9 Å². The highest BCUT2D eigenvalue weighted by Crippen LogP contribution is 2.25. The second kappa shape index (κ2) is 7.97. The Balaban J connectivity index is 0.00000200. The third kappa shape index (κ3) is 4.58. The second-order valence-electron chi connectivity index (χ2n) is 4.70. The first-order chi connectivity index (χ1) is 9.19. The lowest BCUT2D eigenvalue weighted by Gasteiger charge is -2.22. The van der Waals surface area contributed by atoms with Gasteiger partial charge in [0.25, 0.3) is 0 Å². The van der Waals surface area contributed by atoms with Crippen molar-refractivity contribution in [1.82, 2.24) is 0 Å². The molecule has 1 aliphatic heterocycles. The molecule has 6 heteroatoms. The van der Waals surface area contributed by atoms with E-state index in [4.69, 9.17) is 15.2 Å². The van der Waals surface area contributed by atoms with Gasteiger partial charge >= 0.3 is 0 Å². The Morgan fingerprint density at radius 1 is 1.50 bits per heavy atom. The maximum Gasteiger partial charge on any atom is 0.226 e. The number of nitrogen functional groups attached to an aromatic ring is 1. The van der Waals surface area contributed by atoms with Crippen LogP contribution < -0.4 is 15.8 Å². The molecule has 1 unspecified atom stereocenters. The van der Waals surface area contributed by atoms with E-state index < -0.39 is 0 Å². The Kier molecular flexibility index (Phi) is 6.61. The summed E-state index contributed by atoms with van der Waals surface area (Å²) in [5, 5.41) is 2.83. The van der Waals surface area contributed by atoms with E-state index in [-0.39, 0.29) is 24.4 Å². The number of methoxy groups -OCH3 is 1. The number of rotatable bonds is 4. The number of hydrogen-bond acceptors (Lipinski definition) is 4. The largest absolute Gasteiger partial charge is 0.495 e. The number of benzene rings is 1. The highest BCUT2D eigenvalue weighted by molar-refractivity contribution is 5.91. The Labute approximate surface area is 125 Å². The van der Waals surface area contributed by atoms with Gasteiger partial charge in [-0.3, -0.25) is 4.79 Å². The summed E-state index contributed by atoms with van der Waals surface area (Å²) in [5.41, 5.74) is 6.98. The van der Waals surface area contributed by atoms with Gasteiger partial charge in [0.05, 0.1) is 25.3 Å². The molecular formula is C14H21ClN2O3. The molecule has 1 fully saturated rings. The number of nitrogens with one attached hydrogen (secondary N) is 1. The van der Waals surface area contributed by atoms with Crippen molar-refractivity contribution in [3.8, 4) is 5.75 Å². The molecule has 3 N–H and O–H groups in total. The van der Waals surface area contributed by atoms with Crippen LogP contribution in [-0.2, 0) is 9.53 Å². The SMILES string of the molecule is COc1ccc(NC(=O)CC2CCCCO2)cc1N.Cl. The van der Waals surface area contributed by atoms with Crippen LogP contribution in [0.4, 0.5) is 11.4 Å². The fourth-order valence-corrected chi connectivity index (χ4v) is 2.20. The van der Waals surface area contributed by atoms with E-state index in [0.29, 0.717) is 23.5 Å². The van der Waals surface area contributed by atoms with Crippen LogP contribution in [-0.4, -0.2) is 25.7 Å². The van der Waals surface area contributed by atoms with Crippen LogP contribution in [0.15, 0.2) is 18.2 Å². The highest BCUT2D eigenvalue weighted by atomic mass is 35.5. The van der Waals surface area contributed by atoms with Gasteiger partial charge in [-0.25, -0.2) is 0 Å². The van der Waals surface area contributed by atoms with Crippen LogP contribution in [0.1, 0.15) is 25.7 Å².